The first kappa shape index (κ1) is 110. The largest absolute Gasteiger partial charge is 0.462 e. The van der Waals surface area contributed by atoms with E-state index in [1.54, 1.807) is 133 Å². The van der Waals surface area contributed by atoms with Gasteiger partial charge in [0, 0.05) is 78.1 Å². The lowest BCUT2D eigenvalue weighted by Gasteiger charge is -2.23. The molecule has 0 aliphatic heterocycles. The molecule has 6 heterocycles. The van der Waals surface area contributed by atoms with E-state index in [1.807, 2.05) is 106 Å². The van der Waals surface area contributed by atoms with E-state index in [0.717, 1.165) is 27.8 Å². The van der Waals surface area contributed by atoms with Crippen molar-refractivity contribution in [1.29, 1.82) is 0 Å². The highest BCUT2D eigenvalue weighted by molar-refractivity contribution is 6.31. The Labute approximate surface area is 796 Å². The number of likely N-dealkylation sites (N-methyl/N-ethyl adjacent to an activating group) is 2. The van der Waals surface area contributed by atoms with Crippen LogP contribution in [0.1, 0.15) is 170 Å². The molecule has 0 fully saturated rings. The van der Waals surface area contributed by atoms with E-state index in [4.69, 9.17) is 87.0 Å². The van der Waals surface area contributed by atoms with Gasteiger partial charge in [0.2, 0.25) is 17.8 Å². The lowest BCUT2D eigenvalue weighted by Crippen LogP contribution is -2.41. The van der Waals surface area contributed by atoms with Crippen LogP contribution in [0.25, 0.3) is 33.8 Å². The van der Waals surface area contributed by atoms with E-state index in [1.165, 1.54) is 7.11 Å². The van der Waals surface area contributed by atoms with Gasteiger partial charge in [-0.25, -0.2) is 39.5 Å². The van der Waals surface area contributed by atoms with Crippen LogP contribution in [0, 0.1) is 39.5 Å². The predicted molar refractivity (Wildman–Crippen MR) is 511 cm³/mol. The molecule has 0 spiro atoms. The smallest absolute Gasteiger partial charge is 0.332 e. The summed E-state index contributed by atoms with van der Waals surface area (Å²) in [6.07, 6.45) is 12.1. The van der Waals surface area contributed by atoms with Crippen molar-refractivity contribution in [2.24, 2.45) is 23.3 Å². The summed E-state index contributed by atoms with van der Waals surface area (Å²) in [4.78, 5) is 149. The van der Waals surface area contributed by atoms with Crippen LogP contribution in [0.4, 0.5) is 17.8 Å². The van der Waals surface area contributed by atoms with Gasteiger partial charge >= 0.3 is 35.8 Å². The Bertz CT molecular complexity index is 5300. The minimum atomic E-state index is -0.775. The topological polar surface area (TPSA) is 519 Å². The molecule has 0 bridgehead atoms. The molecule has 9 rings (SSSR count). The van der Waals surface area contributed by atoms with Crippen LogP contribution in [0.15, 0.2) is 128 Å². The number of aryl methyl sites for hydroxylation is 4. The number of rotatable bonds is 51. The van der Waals surface area contributed by atoms with Gasteiger partial charge in [-0.1, -0.05) is 126 Å². The number of H-pyrrole nitrogens is 3. The first-order chi connectivity index (χ1) is 64.6. The van der Waals surface area contributed by atoms with Crippen molar-refractivity contribution in [3.8, 4) is 33.8 Å². The highest BCUT2D eigenvalue weighted by atomic mass is 35.5. The van der Waals surface area contributed by atoms with Gasteiger partial charge < -0.3 is 116 Å². The number of nitrogens with zero attached hydrogens (tertiary/aromatic N) is 6. The number of aromatic nitrogens is 9. The molecule has 0 aliphatic carbocycles. The quantitative estimate of drug-likeness (QED) is 0.00957. The number of aromatic amines is 3. The molecule has 3 aromatic carbocycles. The summed E-state index contributed by atoms with van der Waals surface area (Å²) < 4.78 is 52.7. The van der Waals surface area contributed by atoms with Crippen molar-refractivity contribution < 1.29 is 90.5 Å². The molecule has 0 aliphatic rings. The van der Waals surface area contributed by atoms with Gasteiger partial charge in [-0.3, -0.25) is 33.6 Å². The first-order valence-corrected chi connectivity index (χ1v) is 45.2. The Morgan fingerprint density at radius 2 is 0.719 bits per heavy atom. The third kappa shape index (κ3) is 36.1. The summed E-state index contributed by atoms with van der Waals surface area (Å²) in [5.74, 6) is -2.83. The van der Waals surface area contributed by atoms with E-state index < -0.39 is 77.9 Å². The zero-order chi connectivity index (χ0) is 98.8. The number of methoxy groups -OCH3 is 2. The molecule has 15 N–H and O–H groups in total. The number of hydrogen-bond acceptors (Lipinski definition) is 32. The number of hydrogen-bond donors (Lipinski definition) is 13. The number of halogens is 2. The summed E-state index contributed by atoms with van der Waals surface area (Å²) in [5.41, 5.74) is 21.5. The van der Waals surface area contributed by atoms with Gasteiger partial charge in [-0.2, -0.15) is 0 Å². The van der Waals surface area contributed by atoms with E-state index >= 15 is 0 Å². The molecule has 38 nitrogen and oxygen atoms in total. The second-order valence-corrected chi connectivity index (χ2v) is 33.4. The fraction of sp³-hybridized carbons (Fsp3) is 0.463. The van der Waals surface area contributed by atoms with Crippen LogP contribution in [0.5, 0.6) is 0 Å². The molecule has 0 unspecified atom stereocenters. The van der Waals surface area contributed by atoms with Crippen LogP contribution in [-0.4, -0.2) is 248 Å². The summed E-state index contributed by atoms with van der Waals surface area (Å²) >= 11 is 12.4. The third-order valence-electron chi connectivity index (χ3n) is 20.9. The number of anilines is 3. The number of benzene rings is 3. The second kappa shape index (κ2) is 56.7. The number of amides is 3. The van der Waals surface area contributed by atoms with Gasteiger partial charge in [0.25, 0.3) is 17.7 Å². The van der Waals surface area contributed by atoms with Gasteiger partial charge in [-0.15, -0.1) is 0 Å². The predicted octanol–water partition coefficient (Wildman–Crippen LogP) is 10.7. The SMILES string of the molecule is CC[C@H](COC(=O)COCCOC)Nc1ncc(C)c(-c2c[nH]c(C(=O)N[C@H](COC(=O)COCCOC)c3cccc(Cl)c3)c2)n1.CC[C@H](COC(=O)[C@@H](NC)C(C)C)Nc1ncc(C)c(-c2c[nH]c(C(=O)N[C@H](COC(=O)[C@@H](NC)C(C)C)c3cccc(Cl)c3)c2)n1.CC[C@H](COC(=O)[C@H](C)N)Nc1ncc(C)c(-c2c[nH]c(C(=O)N[C@H](COC(=O)[C@H](C)N)c3cccc(C)c3)c2)n1. The highest BCUT2D eigenvalue weighted by Gasteiger charge is 2.30. The molecule has 732 valence electrons. The van der Waals surface area contributed by atoms with Crippen molar-refractivity contribution in [2.75, 3.05) is 124 Å². The zero-order valence-electron chi connectivity index (χ0n) is 79.5. The maximum atomic E-state index is 13.5. The van der Waals surface area contributed by atoms with Gasteiger partial charge in [0.15, 0.2) is 0 Å². The monoisotopic (exact) mass is 1910 g/mol. The average Bonchev–Trinajstić information content (AvgIpc) is 1.70. The van der Waals surface area contributed by atoms with Crippen molar-refractivity contribution in [3.05, 3.63) is 194 Å². The number of carbonyl (C=O) groups is 9. The maximum Gasteiger partial charge on any atom is 0.332 e. The van der Waals surface area contributed by atoms with Crippen molar-refractivity contribution in [3.63, 3.8) is 0 Å². The minimum Gasteiger partial charge on any atom is -0.462 e. The maximum absolute atomic E-state index is 13.5. The van der Waals surface area contributed by atoms with E-state index in [9.17, 15) is 43.2 Å². The highest BCUT2D eigenvalue weighted by Crippen LogP contribution is 2.30. The Morgan fingerprint density at radius 1 is 0.407 bits per heavy atom. The summed E-state index contributed by atoms with van der Waals surface area (Å²) in [5, 5.41) is 25.4. The van der Waals surface area contributed by atoms with E-state index in [0.29, 0.717) is 123 Å². The van der Waals surface area contributed by atoms with Crippen molar-refractivity contribution >= 4 is 94.6 Å². The average molecular weight is 1910 g/mol. The van der Waals surface area contributed by atoms with Crippen molar-refractivity contribution in [1.82, 2.24) is 71.4 Å². The molecular weight excluding hydrogens is 1780 g/mol. The number of esters is 6. The van der Waals surface area contributed by atoms with E-state index in [2.05, 4.69) is 82.4 Å². The van der Waals surface area contributed by atoms with E-state index in [-0.39, 0.29) is 113 Å². The molecule has 0 radical (unpaired) electrons. The van der Waals surface area contributed by atoms with Crippen LogP contribution >= 0.6 is 23.2 Å². The minimum absolute atomic E-state index is 0.0243. The number of nitrogens with one attached hydrogen (secondary N) is 11. The Balaban J connectivity index is 0.000000277. The lowest BCUT2D eigenvalue weighted by atomic mass is 10.0. The van der Waals surface area contributed by atoms with Gasteiger partial charge in [0.05, 0.1) is 79.8 Å². The normalized spacial score (nSPS) is 13.4. The zero-order valence-corrected chi connectivity index (χ0v) is 81.0. The fourth-order valence-corrected chi connectivity index (χ4v) is 13.5. The molecule has 9 aromatic rings. The van der Waals surface area contributed by atoms with Crippen LogP contribution in [0.3, 0.4) is 0 Å². The molecular formula is C95H129Cl2N19O19. The van der Waals surface area contributed by atoms with Gasteiger partial charge in [-0.05, 0) is 163 Å². The summed E-state index contributed by atoms with van der Waals surface area (Å²) in [7, 11) is 6.53. The molecule has 0 saturated carbocycles. The molecule has 10 atom stereocenters. The Morgan fingerprint density at radius 3 is 1.04 bits per heavy atom. The second-order valence-electron chi connectivity index (χ2n) is 32.5. The van der Waals surface area contributed by atoms with Gasteiger partial charge in [0.1, 0.15) is 94.1 Å². The van der Waals surface area contributed by atoms with Crippen LogP contribution < -0.4 is 54.0 Å². The molecule has 40 heteroatoms. The molecule has 0 saturated heterocycles. The molecule has 3 amide bonds. The lowest BCUT2D eigenvalue weighted by molar-refractivity contribution is -0.150. The fourth-order valence-electron chi connectivity index (χ4n) is 13.1. The number of carbonyl (C=O) groups excluding carboxylic acids is 9. The first-order valence-electron chi connectivity index (χ1n) is 44.4. The Kier molecular flexibility index (Phi) is 46.1. The summed E-state index contributed by atoms with van der Waals surface area (Å²) in [6, 6.07) is 21.7. The third-order valence-corrected chi connectivity index (χ3v) is 21.3. The number of nitrogens with two attached hydrogens (primary N) is 2. The summed E-state index contributed by atoms with van der Waals surface area (Å²) in [6.45, 7) is 25.3. The van der Waals surface area contributed by atoms with Crippen LogP contribution in [-0.2, 0) is 76.1 Å². The Hall–Kier alpha value is -12.4. The molecule has 135 heavy (non-hydrogen) atoms. The van der Waals surface area contributed by atoms with Crippen LogP contribution in [0.2, 0.25) is 10.0 Å². The molecule has 6 aromatic heterocycles. The number of ether oxygens (including phenoxy) is 10. The van der Waals surface area contributed by atoms with Crippen molar-refractivity contribution in [2.45, 2.75) is 170 Å². The standard InChI is InChI=1S/C34H48ClN7O5.C32H42ClN5O9.C29H39N7O5/c1-9-25(17-46-32(44)28(36-7)19(2)3)40-34-39-15-21(6)30(42-34)23-14-26(38-16-23)31(43)41-27(22-11-10-12-24(35)13-22)18-47-33(45)29(37-8)20(4)5;1-5-25(17-46-28(39)19-44-11-9-42-3)36-32-35-15-21(2)30(38-32)23-14-26(34-16-23)31(41)37-27(22-7-6-8-24(33)13-22)18-47-29(40)20-45-12-10-43-4;1-6-22(14-40-27(38)18(4)30)34-29-33-12-17(3)25(36-29)21-11-23(32-13-21)26(37)35-24(15-41-28(39)19(5)31)20-9-7-8-16(2)10-20/h10-16,19-20,25,27-29,36-38H,9,17-18H2,1-8H3,(H,41,43)(H,39,40,42);6-8,13-16,25,27,34H,5,9-12,17-20H2,1-4H3,(H,37,41)(H,35,36,38);7-13,18-19,22,24,32H,6,14-15,30-31H2,1-5H3,(H,35,37)(H,33,34,36)/t25-,27-,28+,29+;25-,27-;18-,19-,22+,24+/m110/s1.